The first kappa shape index (κ1) is 14.0. The normalized spacial score (nSPS) is 30.0. The molecule has 0 aromatic carbocycles. The van der Waals surface area contributed by atoms with Crippen LogP contribution in [0.4, 0.5) is 0 Å². The second kappa shape index (κ2) is 7.32. The standard InChI is InChI=1S/C15H31N/c1-4-6-12(3)15(16)14-10-8-13(7-5-2)9-11-14/h12-15H,4-11,16H2,1-3H3. The summed E-state index contributed by atoms with van der Waals surface area (Å²) >= 11 is 0. The van der Waals surface area contributed by atoms with Crippen molar-refractivity contribution in [1.82, 2.24) is 0 Å². The zero-order chi connectivity index (χ0) is 12.0. The fourth-order valence-corrected chi connectivity index (χ4v) is 3.38. The first-order chi connectivity index (χ1) is 7.69. The molecule has 0 heterocycles. The van der Waals surface area contributed by atoms with E-state index in [9.17, 15) is 0 Å². The van der Waals surface area contributed by atoms with Gasteiger partial charge in [0.25, 0.3) is 0 Å². The van der Waals surface area contributed by atoms with Crippen molar-refractivity contribution in [2.75, 3.05) is 0 Å². The van der Waals surface area contributed by atoms with Crippen molar-refractivity contribution in [2.24, 2.45) is 23.5 Å². The van der Waals surface area contributed by atoms with E-state index < -0.39 is 0 Å². The molecule has 0 aromatic rings. The average Bonchev–Trinajstić information content (AvgIpc) is 2.30. The summed E-state index contributed by atoms with van der Waals surface area (Å²) in [5.74, 6) is 2.54. The van der Waals surface area contributed by atoms with Gasteiger partial charge >= 0.3 is 0 Å². The minimum atomic E-state index is 0.461. The molecule has 16 heavy (non-hydrogen) atoms. The fourth-order valence-electron chi connectivity index (χ4n) is 3.38. The van der Waals surface area contributed by atoms with Crippen molar-refractivity contribution >= 4 is 0 Å². The van der Waals surface area contributed by atoms with Gasteiger partial charge in [-0.15, -0.1) is 0 Å². The maximum absolute atomic E-state index is 6.40. The Balaban J connectivity index is 2.29. The molecule has 1 saturated carbocycles. The Kier molecular flexibility index (Phi) is 6.41. The lowest BCUT2D eigenvalue weighted by Crippen LogP contribution is -2.38. The topological polar surface area (TPSA) is 26.0 Å². The predicted molar refractivity (Wildman–Crippen MR) is 72.4 cm³/mol. The highest BCUT2D eigenvalue weighted by atomic mass is 14.7. The maximum Gasteiger partial charge on any atom is 0.00929 e. The van der Waals surface area contributed by atoms with Gasteiger partial charge in [0, 0.05) is 6.04 Å². The van der Waals surface area contributed by atoms with E-state index in [0.717, 1.165) is 17.8 Å². The molecule has 0 bridgehead atoms. The van der Waals surface area contributed by atoms with Crippen molar-refractivity contribution in [3.63, 3.8) is 0 Å². The molecule has 2 N–H and O–H groups in total. The predicted octanol–water partition coefficient (Wildman–Crippen LogP) is 4.36. The van der Waals surface area contributed by atoms with E-state index in [-0.39, 0.29) is 0 Å². The lowest BCUT2D eigenvalue weighted by molar-refractivity contribution is 0.200. The highest BCUT2D eigenvalue weighted by molar-refractivity contribution is 4.82. The third kappa shape index (κ3) is 4.08. The number of rotatable bonds is 6. The van der Waals surface area contributed by atoms with Crippen molar-refractivity contribution in [1.29, 1.82) is 0 Å². The zero-order valence-electron chi connectivity index (χ0n) is 11.5. The number of hydrogen-bond donors (Lipinski definition) is 1. The Morgan fingerprint density at radius 1 is 1.06 bits per heavy atom. The summed E-state index contributed by atoms with van der Waals surface area (Å²) in [6.07, 6.45) is 11.0. The molecule has 2 unspecified atom stereocenters. The van der Waals surface area contributed by atoms with Gasteiger partial charge in [0.15, 0.2) is 0 Å². The average molecular weight is 225 g/mol. The van der Waals surface area contributed by atoms with Crippen LogP contribution in [-0.2, 0) is 0 Å². The monoisotopic (exact) mass is 225 g/mol. The molecule has 1 nitrogen and oxygen atoms in total. The van der Waals surface area contributed by atoms with Gasteiger partial charge in [-0.2, -0.15) is 0 Å². The highest BCUT2D eigenvalue weighted by Crippen LogP contribution is 2.34. The Hall–Kier alpha value is -0.0400. The van der Waals surface area contributed by atoms with Gasteiger partial charge in [0.2, 0.25) is 0 Å². The molecule has 1 aliphatic rings. The Morgan fingerprint density at radius 3 is 2.19 bits per heavy atom. The Bertz CT molecular complexity index is 170. The molecule has 1 heteroatoms. The van der Waals surface area contributed by atoms with Crippen LogP contribution in [0.15, 0.2) is 0 Å². The van der Waals surface area contributed by atoms with E-state index in [1.807, 2.05) is 0 Å². The molecule has 0 saturated heterocycles. The summed E-state index contributed by atoms with van der Waals surface area (Å²) in [4.78, 5) is 0. The van der Waals surface area contributed by atoms with E-state index in [0.29, 0.717) is 6.04 Å². The molecule has 1 rings (SSSR count). The van der Waals surface area contributed by atoms with E-state index in [1.165, 1.54) is 51.4 Å². The molecule has 0 aliphatic heterocycles. The van der Waals surface area contributed by atoms with Gasteiger partial charge in [0.05, 0.1) is 0 Å². The Morgan fingerprint density at radius 2 is 1.69 bits per heavy atom. The van der Waals surface area contributed by atoms with Crippen LogP contribution in [0, 0.1) is 17.8 Å². The second-order valence-corrected chi connectivity index (χ2v) is 5.91. The van der Waals surface area contributed by atoms with Gasteiger partial charge < -0.3 is 5.73 Å². The van der Waals surface area contributed by atoms with Gasteiger partial charge in [-0.05, 0) is 37.0 Å². The van der Waals surface area contributed by atoms with Crippen LogP contribution in [0.3, 0.4) is 0 Å². The summed E-state index contributed by atoms with van der Waals surface area (Å²) in [6.45, 7) is 6.91. The molecule has 0 radical (unpaired) electrons. The van der Waals surface area contributed by atoms with Crippen LogP contribution >= 0.6 is 0 Å². The quantitative estimate of drug-likeness (QED) is 0.714. The van der Waals surface area contributed by atoms with Crippen LogP contribution in [0.1, 0.15) is 72.1 Å². The fraction of sp³-hybridized carbons (Fsp3) is 1.00. The highest BCUT2D eigenvalue weighted by Gasteiger charge is 2.27. The third-order valence-corrected chi connectivity index (χ3v) is 4.53. The van der Waals surface area contributed by atoms with Crippen molar-refractivity contribution in [2.45, 2.75) is 78.2 Å². The largest absolute Gasteiger partial charge is 0.327 e. The molecular weight excluding hydrogens is 194 g/mol. The zero-order valence-corrected chi connectivity index (χ0v) is 11.5. The summed E-state index contributed by atoms with van der Waals surface area (Å²) in [6, 6.07) is 0.461. The molecule has 96 valence electrons. The van der Waals surface area contributed by atoms with Crippen LogP contribution in [0.5, 0.6) is 0 Å². The summed E-state index contributed by atoms with van der Waals surface area (Å²) in [5.41, 5.74) is 6.40. The molecule has 0 spiro atoms. The minimum absolute atomic E-state index is 0.461. The molecule has 2 atom stereocenters. The minimum Gasteiger partial charge on any atom is -0.327 e. The first-order valence-corrected chi connectivity index (χ1v) is 7.44. The maximum atomic E-state index is 6.40. The second-order valence-electron chi connectivity index (χ2n) is 5.91. The van der Waals surface area contributed by atoms with Crippen molar-refractivity contribution < 1.29 is 0 Å². The third-order valence-electron chi connectivity index (χ3n) is 4.53. The van der Waals surface area contributed by atoms with E-state index in [1.54, 1.807) is 0 Å². The number of hydrogen-bond acceptors (Lipinski definition) is 1. The lowest BCUT2D eigenvalue weighted by atomic mass is 9.74. The SMILES string of the molecule is CCCC1CCC(C(N)C(C)CCC)CC1. The van der Waals surface area contributed by atoms with Gasteiger partial charge in [-0.25, -0.2) is 0 Å². The summed E-state index contributed by atoms with van der Waals surface area (Å²) < 4.78 is 0. The molecule has 1 fully saturated rings. The lowest BCUT2D eigenvalue weighted by Gasteiger charge is -2.34. The van der Waals surface area contributed by atoms with Crippen molar-refractivity contribution in [3.05, 3.63) is 0 Å². The summed E-state index contributed by atoms with van der Waals surface area (Å²) in [7, 11) is 0. The Labute approximate surface area is 102 Å². The van der Waals surface area contributed by atoms with Gasteiger partial charge in [-0.1, -0.05) is 52.9 Å². The van der Waals surface area contributed by atoms with Crippen LogP contribution in [0.25, 0.3) is 0 Å². The van der Waals surface area contributed by atoms with E-state index in [2.05, 4.69) is 20.8 Å². The molecule has 0 aromatic heterocycles. The van der Waals surface area contributed by atoms with Crippen LogP contribution < -0.4 is 5.73 Å². The number of nitrogens with two attached hydrogens (primary N) is 1. The van der Waals surface area contributed by atoms with Gasteiger partial charge in [-0.3, -0.25) is 0 Å². The smallest absolute Gasteiger partial charge is 0.00929 e. The molecule has 0 amide bonds. The first-order valence-electron chi connectivity index (χ1n) is 7.44. The van der Waals surface area contributed by atoms with Crippen LogP contribution in [-0.4, -0.2) is 6.04 Å². The van der Waals surface area contributed by atoms with E-state index in [4.69, 9.17) is 5.73 Å². The van der Waals surface area contributed by atoms with Crippen molar-refractivity contribution in [3.8, 4) is 0 Å². The van der Waals surface area contributed by atoms with Crippen LogP contribution in [0.2, 0.25) is 0 Å². The van der Waals surface area contributed by atoms with Gasteiger partial charge in [0.1, 0.15) is 0 Å². The summed E-state index contributed by atoms with van der Waals surface area (Å²) in [5, 5.41) is 0. The molecule has 1 aliphatic carbocycles. The van der Waals surface area contributed by atoms with E-state index >= 15 is 0 Å². The molecular formula is C15H31N.